The van der Waals surface area contributed by atoms with E-state index < -0.39 is 0 Å². The summed E-state index contributed by atoms with van der Waals surface area (Å²) in [4.78, 5) is 43.8. The lowest BCUT2D eigenvalue weighted by Crippen LogP contribution is -2.57. The van der Waals surface area contributed by atoms with Crippen LogP contribution in [-0.2, 0) is 9.59 Å². The number of urea groups is 1. The summed E-state index contributed by atoms with van der Waals surface area (Å²) < 4.78 is 0. The largest absolute Gasteiger partial charge is 0.327 e. The standard InChI is InChI=1S/C20H27N3O3S/c1-4-14(2)21-12-10-18(24)23(20(21)26)13-19(25)22-11-9-15(3)27-17-8-6-5-7-16(17)22/h5-8,14-15H,4,9-13H2,1-3H3/t14-,15-/m1/s1. The molecule has 0 radical (unpaired) electrons. The molecule has 146 valence electrons. The van der Waals surface area contributed by atoms with Crippen LogP contribution >= 0.6 is 11.8 Å². The molecule has 6 nitrogen and oxygen atoms in total. The summed E-state index contributed by atoms with van der Waals surface area (Å²) in [7, 11) is 0. The fourth-order valence-electron chi connectivity index (χ4n) is 3.46. The van der Waals surface area contributed by atoms with E-state index in [1.54, 1.807) is 21.6 Å². The van der Waals surface area contributed by atoms with Gasteiger partial charge in [-0.15, -0.1) is 11.8 Å². The van der Waals surface area contributed by atoms with E-state index in [4.69, 9.17) is 0 Å². The molecule has 0 aromatic heterocycles. The second-order valence-electron chi connectivity index (χ2n) is 7.19. The number of fused-ring (bicyclic) bond motifs is 1. The minimum absolute atomic E-state index is 0.0550. The van der Waals surface area contributed by atoms with E-state index in [2.05, 4.69) is 6.92 Å². The molecular weight excluding hydrogens is 362 g/mol. The molecule has 7 heteroatoms. The van der Waals surface area contributed by atoms with Crippen molar-refractivity contribution in [3.05, 3.63) is 24.3 Å². The highest BCUT2D eigenvalue weighted by Crippen LogP contribution is 2.37. The highest BCUT2D eigenvalue weighted by molar-refractivity contribution is 8.00. The lowest BCUT2D eigenvalue weighted by Gasteiger charge is -2.37. The predicted octanol–water partition coefficient (Wildman–Crippen LogP) is 3.36. The molecule has 2 aliphatic heterocycles. The van der Waals surface area contributed by atoms with Crippen molar-refractivity contribution in [3.8, 4) is 0 Å². The molecule has 2 atom stereocenters. The number of hydrogen-bond donors (Lipinski definition) is 0. The van der Waals surface area contributed by atoms with Gasteiger partial charge in [-0.05, 0) is 31.9 Å². The molecule has 1 fully saturated rings. The molecule has 1 aromatic carbocycles. The van der Waals surface area contributed by atoms with Crippen LogP contribution in [0.15, 0.2) is 29.2 Å². The number of carbonyl (C=O) groups excluding carboxylic acids is 3. The first-order chi connectivity index (χ1) is 12.9. The van der Waals surface area contributed by atoms with Gasteiger partial charge in [0.2, 0.25) is 11.8 Å². The lowest BCUT2D eigenvalue weighted by atomic mass is 10.1. The van der Waals surface area contributed by atoms with Gasteiger partial charge >= 0.3 is 6.03 Å². The fraction of sp³-hybridized carbons (Fsp3) is 0.550. The first-order valence-corrected chi connectivity index (χ1v) is 10.5. The number of benzene rings is 1. The zero-order chi connectivity index (χ0) is 19.6. The molecule has 1 saturated heterocycles. The van der Waals surface area contributed by atoms with Crippen LogP contribution < -0.4 is 4.90 Å². The van der Waals surface area contributed by atoms with E-state index >= 15 is 0 Å². The normalized spacial score (nSPS) is 21.7. The van der Waals surface area contributed by atoms with Crippen LogP contribution in [0.3, 0.4) is 0 Å². The number of anilines is 1. The summed E-state index contributed by atoms with van der Waals surface area (Å²) in [6, 6.07) is 7.54. The SMILES string of the molecule is CC[C@@H](C)N1CCC(=O)N(CC(=O)N2CC[C@@H](C)Sc3ccccc32)C1=O. The van der Waals surface area contributed by atoms with Gasteiger partial charge < -0.3 is 9.80 Å². The number of para-hydroxylation sites is 1. The first kappa shape index (κ1) is 19.7. The Morgan fingerprint density at radius 3 is 2.74 bits per heavy atom. The lowest BCUT2D eigenvalue weighted by molar-refractivity contribution is -0.135. The minimum Gasteiger partial charge on any atom is -0.321 e. The number of amides is 4. The van der Waals surface area contributed by atoms with Crippen LogP contribution in [0.5, 0.6) is 0 Å². The van der Waals surface area contributed by atoms with Gasteiger partial charge in [0.25, 0.3) is 0 Å². The quantitative estimate of drug-likeness (QED) is 0.792. The van der Waals surface area contributed by atoms with Crippen molar-refractivity contribution in [2.24, 2.45) is 0 Å². The van der Waals surface area contributed by atoms with Crippen LogP contribution in [0.4, 0.5) is 10.5 Å². The zero-order valence-corrected chi connectivity index (χ0v) is 17.0. The Bertz CT molecular complexity index is 739. The Labute approximate surface area is 164 Å². The average Bonchev–Trinajstić information content (AvgIpc) is 2.82. The monoisotopic (exact) mass is 389 g/mol. The highest BCUT2D eigenvalue weighted by Gasteiger charge is 2.36. The van der Waals surface area contributed by atoms with E-state index in [1.807, 2.05) is 38.1 Å². The number of thioether (sulfide) groups is 1. The molecule has 0 spiro atoms. The van der Waals surface area contributed by atoms with Crippen LogP contribution in [-0.4, -0.2) is 58.6 Å². The van der Waals surface area contributed by atoms with Gasteiger partial charge in [0, 0.05) is 35.7 Å². The minimum atomic E-state index is -0.347. The second-order valence-corrected chi connectivity index (χ2v) is 8.67. The Morgan fingerprint density at radius 1 is 1.26 bits per heavy atom. The van der Waals surface area contributed by atoms with E-state index in [1.165, 1.54) is 0 Å². The maximum atomic E-state index is 13.1. The van der Waals surface area contributed by atoms with Crippen molar-refractivity contribution in [1.82, 2.24) is 9.80 Å². The van der Waals surface area contributed by atoms with Crippen LogP contribution in [0.1, 0.15) is 40.0 Å². The molecule has 27 heavy (non-hydrogen) atoms. The summed E-state index contributed by atoms with van der Waals surface area (Å²) in [6.07, 6.45) is 1.95. The van der Waals surface area contributed by atoms with Gasteiger partial charge in [0.05, 0.1) is 5.69 Å². The second kappa shape index (κ2) is 8.33. The zero-order valence-electron chi connectivity index (χ0n) is 16.2. The third-order valence-electron chi connectivity index (χ3n) is 5.30. The third kappa shape index (κ3) is 4.13. The molecule has 2 aliphatic rings. The van der Waals surface area contributed by atoms with Crippen molar-refractivity contribution >= 4 is 35.3 Å². The average molecular weight is 390 g/mol. The van der Waals surface area contributed by atoms with Crippen molar-refractivity contribution in [1.29, 1.82) is 0 Å². The van der Waals surface area contributed by atoms with Gasteiger partial charge in [-0.25, -0.2) is 4.79 Å². The summed E-state index contributed by atoms with van der Waals surface area (Å²) in [5.74, 6) is -0.469. The van der Waals surface area contributed by atoms with Gasteiger partial charge in [0.15, 0.2) is 0 Å². The maximum absolute atomic E-state index is 13.1. The Hall–Kier alpha value is -2.02. The molecule has 0 bridgehead atoms. The number of carbonyl (C=O) groups is 3. The van der Waals surface area contributed by atoms with Gasteiger partial charge in [-0.2, -0.15) is 0 Å². The maximum Gasteiger partial charge on any atom is 0.327 e. The summed E-state index contributed by atoms with van der Waals surface area (Å²) in [5, 5.41) is 0.406. The smallest absolute Gasteiger partial charge is 0.321 e. The molecule has 0 aliphatic carbocycles. The number of nitrogens with zero attached hydrogens (tertiary/aromatic N) is 3. The molecule has 0 N–H and O–H groups in total. The Morgan fingerprint density at radius 2 is 2.00 bits per heavy atom. The van der Waals surface area contributed by atoms with E-state index in [0.717, 1.165) is 28.3 Å². The Balaban J connectivity index is 1.80. The van der Waals surface area contributed by atoms with Crippen LogP contribution in [0.2, 0.25) is 0 Å². The molecular formula is C20H27N3O3S. The number of imide groups is 1. The van der Waals surface area contributed by atoms with Crippen molar-refractivity contribution in [2.45, 2.75) is 56.2 Å². The van der Waals surface area contributed by atoms with Crippen LogP contribution in [0.25, 0.3) is 0 Å². The Kier molecular flexibility index (Phi) is 6.09. The van der Waals surface area contributed by atoms with Crippen molar-refractivity contribution in [3.63, 3.8) is 0 Å². The summed E-state index contributed by atoms with van der Waals surface area (Å²) in [6.45, 7) is 6.96. The topological polar surface area (TPSA) is 60.9 Å². The van der Waals surface area contributed by atoms with Crippen LogP contribution in [0, 0.1) is 0 Å². The highest BCUT2D eigenvalue weighted by atomic mass is 32.2. The predicted molar refractivity (Wildman–Crippen MR) is 107 cm³/mol. The van der Waals surface area contributed by atoms with Crippen molar-refractivity contribution < 1.29 is 14.4 Å². The van der Waals surface area contributed by atoms with E-state index in [9.17, 15) is 14.4 Å². The number of rotatable bonds is 4. The van der Waals surface area contributed by atoms with E-state index in [0.29, 0.717) is 18.3 Å². The molecule has 0 unspecified atom stereocenters. The third-order valence-corrected chi connectivity index (χ3v) is 6.54. The molecule has 2 heterocycles. The van der Waals surface area contributed by atoms with Gasteiger partial charge in [-0.3, -0.25) is 14.5 Å². The molecule has 0 saturated carbocycles. The number of hydrogen-bond acceptors (Lipinski definition) is 4. The van der Waals surface area contributed by atoms with E-state index in [-0.39, 0.29) is 36.9 Å². The van der Waals surface area contributed by atoms with Gasteiger partial charge in [-0.1, -0.05) is 26.0 Å². The molecule has 1 aromatic rings. The summed E-state index contributed by atoms with van der Waals surface area (Å²) >= 11 is 1.76. The molecule has 3 rings (SSSR count). The fourth-order valence-corrected chi connectivity index (χ4v) is 4.57. The first-order valence-electron chi connectivity index (χ1n) is 9.59. The molecule has 4 amide bonds. The van der Waals surface area contributed by atoms with Crippen molar-refractivity contribution in [2.75, 3.05) is 24.5 Å². The summed E-state index contributed by atoms with van der Waals surface area (Å²) in [5.41, 5.74) is 0.868. The van der Waals surface area contributed by atoms with Gasteiger partial charge in [0.1, 0.15) is 6.54 Å².